The lowest BCUT2D eigenvalue weighted by atomic mass is 9.99. The third-order valence-corrected chi connectivity index (χ3v) is 4.96. The second kappa shape index (κ2) is 6.35. The lowest BCUT2D eigenvalue weighted by Gasteiger charge is -2.35. The maximum absolute atomic E-state index is 6.20. The van der Waals surface area contributed by atoms with Crippen molar-refractivity contribution in [1.82, 2.24) is 4.90 Å². The first kappa shape index (κ1) is 13.6. The molecule has 2 aliphatic heterocycles. The van der Waals surface area contributed by atoms with Gasteiger partial charge in [0, 0.05) is 25.7 Å². The van der Waals surface area contributed by atoms with Crippen LogP contribution in [0.2, 0.25) is 0 Å². The fourth-order valence-corrected chi connectivity index (χ4v) is 3.93. The molecule has 0 spiro atoms. The van der Waals surface area contributed by atoms with Crippen LogP contribution in [0.1, 0.15) is 31.7 Å². The fourth-order valence-electron chi connectivity index (χ4n) is 3.27. The van der Waals surface area contributed by atoms with Crippen LogP contribution in [0.4, 0.5) is 0 Å². The lowest BCUT2D eigenvalue weighted by Crippen LogP contribution is -2.43. The van der Waals surface area contributed by atoms with Gasteiger partial charge in [-0.1, -0.05) is 0 Å². The van der Waals surface area contributed by atoms with Crippen LogP contribution in [0.3, 0.4) is 0 Å². The molecule has 0 radical (unpaired) electrons. The van der Waals surface area contributed by atoms with Crippen LogP contribution in [0.15, 0.2) is 16.8 Å². The van der Waals surface area contributed by atoms with E-state index in [9.17, 15) is 0 Å². The molecule has 2 aliphatic rings. The Bertz CT molecular complexity index is 382. The predicted octanol–water partition coefficient (Wildman–Crippen LogP) is 2.91. The number of hydrogen-bond acceptors (Lipinski definition) is 4. The van der Waals surface area contributed by atoms with Crippen molar-refractivity contribution >= 4 is 11.3 Å². The van der Waals surface area contributed by atoms with E-state index in [0.717, 1.165) is 26.2 Å². The van der Waals surface area contributed by atoms with E-state index in [1.807, 2.05) is 6.92 Å². The van der Waals surface area contributed by atoms with Gasteiger partial charge in [0.1, 0.15) is 0 Å². The second-order valence-electron chi connectivity index (χ2n) is 5.49. The zero-order valence-electron chi connectivity index (χ0n) is 11.6. The van der Waals surface area contributed by atoms with Crippen molar-refractivity contribution in [3.8, 4) is 0 Å². The summed E-state index contributed by atoms with van der Waals surface area (Å²) in [6.45, 7) is 5.86. The Hall–Kier alpha value is -0.420. The first-order chi connectivity index (χ1) is 9.36. The first-order valence-corrected chi connectivity index (χ1v) is 8.29. The minimum absolute atomic E-state index is 0.322. The average Bonchev–Trinajstić information content (AvgIpc) is 3.07. The molecule has 4 heteroatoms. The van der Waals surface area contributed by atoms with Crippen LogP contribution < -0.4 is 0 Å². The van der Waals surface area contributed by atoms with Crippen molar-refractivity contribution in [2.75, 3.05) is 19.8 Å². The van der Waals surface area contributed by atoms with Crippen molar-refractivity contribution in [3.63, 3.8) is 0 Å². The molecule has 0 amide bonds. The zero-order chi connectivity index (χ0) is 13.1. The van der Waals surface area contributed by atoms with E-state index in [1.54, 1.807) is 11.3 Å². The van der Waals surface area contributed by atoms with Gasteiger partial charge in [0.25, 0.3) is 0 Å². The summed E-state index contributed by atoms with van der Waals surface area (Å²) in [4.78, 5) is 2.60. The third-order valence-electron chi connectivity index (χ3n) is 4.22. The molecule has 0 aromatic carbocycles. The highest BCUT2D eigenvalue weighted by molar-refractivity contribution is 7.07. The van der Waals surface area contributed by atoms with E-state index in [2.05, 4.69) is 21.7 Å². The summed E-state index contributed by atoms with van der Waals surface area (Å²) in [5.41, 5.74) is 1.45. The van der Waals surface area contributed by atoms with Crippen LogP contribution in [-0.2, 0) is 16.0 Å². The Balaban J connectivity index is 1.53. The van der Waals surface area contributed by atoms with Gasteiger partial charge in [0.2, 0.25) is 0 Å². The Morgan fingerprint density at radius 1 is 1.42 bits per heavy atom. The summed E-state index contributed by atoms with van der Waals surface area (Å²) in [7, 11) is 0. The molecule has 0 bridgehead atoms. The van der Waals surface area contributed by atoms with Crippen molar-refractivity contribution in [2.24, 2.45) is 0 Å². The smallest absolute Gasteiger partial charge is 0.0813 e. The van der Waals surface area contributed by atoms with E-state index < -0.39 is 0 Å². The largest absolute Gasteiger partial charge is 0.379 e. The fraction of sp³-hybridized carbons (Fsp3) is 0.733. The number of thiophene rings is 1. The van der Waals surface area contributed by atoms with Gasteiger partial charge in [-0.25, -0.2) is 0 Å². The van der Waals surface area contributed by atoms with Crippen molar-refractivity contribution < 1.29 is 9.47 Å². The highest BCUT2D eigenvalue weighted by Crippen LogP contribution is 2.32. The van der Waals surface area contributed by atoms with E-state index in [-0.39, 0.29) is 0 Å². The summed E-state index contributed by atoms with van der Waals surface area (Å²) in [6.07, 6.45) is 4.32. The van der Waals surface area contributed by atoms with Crippen LogP contribution in [0.25, 0.3) is 0 Å². The van der Waals surface area contributed by atoms with Gasteiger partial charge in [0.05, 0.1) is 18.8 Å². The number of fused-ring (bicyclic) bond motifs is 1. The van der Waals surface area contributed by atoms with E-state index >= 15 is 0 Å². The SMILES string of the molecule is CCOC[C@@H]1CC[C@@H]2[C@@H](CCN2Cc2ccsc2)O1. The number of hydrogen-bond donors (Lipinski definition) is 0. The van der Waals surface area contributed by atoms with Gasteiger partial charge in [-0.05, 0) is 48.6 Å². The Morgan fingerprint density at radius 3 is 3.16 bits per heavy atom. The molecule has 0 aliphatic carbocycles. The van der Waals surface area contributed by atoms with Gasteiger partial charge in [0.15, 0.2) is 0 Å². The monoisotopic (exact) mass is 281 g/mol. The molecule has 2 fully saturated rings. The van der Waals surface area contributed by atoms with Crippen LogP contribution >= 0.6 is 11.3 Å². The van der Waals surface area contributed by atoms with Gasteiger partial charge >= 0.3 is 0 Å². The van der Waals surface area contributed by atoms with E-state index in [1.165, 1.54) is 24.9 Å². The molecule has 106 valence electrons. The van der Waals surface area contributed by atoms with Gasteiger partial charge in [-0.3, -0.25) is 4.90 Å². The summed E-state index contributed by atoms with van der Waals surface area (Å²) in [5.74, 6) is 0. The third kappa shape index (κ3) is 3.19. The number of ether oxygens (including phenoxy) is 2. The van der Waals surface area contributed by atoms with Gasteiger partial charge in [-0.15, -0.1) is 0 Å². The molecular weight excluding hydrogens is 258 g/mol. The molecule has 0 N–H and O–H groups in total. The standard InChI is InChI=1S/C15H23NO2S/c1-2-17-10-13-3-4-14-15(18-13)5-7-16(14)9-12-6-8-19-11-12/h6,8,11,13-15H,2-5,7,9-10H2,1H3/t13-,14+,15+/m0/s1. The summed E-state index contributed by atoms with van der Waals surface area (Å²) >= 11 is 1.79. The molecule has 0 saturated carbocycles. The topological polar surface area (TPSA) is 21.7 Å². The molecule has 3 rings (SSSR count). The number of nitrogens with zero attached hydrogens (tertiary/aromatic N) is 1. The van der Waals surface area contributed by atoms with E-state index in [0.29, 0.717) is 18.2 Å². The summed E-state index contributed by atoms with van der Waals surface area (Å²) in [5, 5.41) is 4.42. The van der Waals surface area contributed by atoms with Gasteiger partial charge in [-0.2, -0.15) is 11.3 Å². The molecule has 3 nitrogen and oxygen atoms in total. The Labute approximate surface area is 119 Å². The highest BCUT2D eigenvalue weighted by atomic mass is 32.1. The lowest BCUT2D eigenvalue weighted by molar-refractivity contribution is -0.0985. The Morgan fingerprint density at radius 2 is 2.37 bits per heavy atom. The quantitative estimate of drug-likeness (QED) is 0.828. The molecular formula is C15H23NO2S. The van der Waals surface area contributed by atoms with Gasteiger partial charge < -0.3 is 9.47 Å². The minimum Gasteiger partial charge on any atom is -0.379 e. The zero-order valence-corrected chi connectivity index (χ0v) is 12.4. The molecule has 1 aromatic heterocycles. The Kier molecular flexibility index (Phi) is 4.53. The molecule has 3 atom stereocenters. The second-order valence-corrected chi connectivity index (χ2v) is 6.27. The highest BCUT2D eigenvalue weighted by Gasteiger charge is 2.39. The maximum atomic E-state index is 6.20. The predicted molar refractivity (Wildman–Crippen MR) is 77.5 cm³/mol. The molecule has 1 aromatic rings. The summed E-state index contributed by atoms with van der Waals surface area (Å²) in [6, 6.07) is 2.86. The van der Waals surface area contributed by atoms with E-state index in [4.69, 9.17) is 9.47 Å². The molecule has 2 saturated heterocycles. The molecule has 19 heavy (non-hydrogen) atoms. The first-order valence-electron chi connectivity index (χ1n) is 7.35. The molecule has 0 unspecified atom stereocenters. The number of rotatable bonds is 5. The van der Waals surface area contributed by atoms with Crippen LogP contribution in [-0.4, -0.2) is 42.9 Å². The average molecular weight is 281 g/mol. The minimum atomic E-state index is 0.322. The normalized spacial score (nSPS) is 31.5. The maximum Gasteiger partial charge on any atom is 0.0813 e. The van der Waals surface area contributed by atoms with Crippen LogP contribution in [0, 0.1) is 0 Å². The summed E-state index contributed by atoms with van der Waals surface area (Å²) < 4.78 is 11.7. The molecule has 3 heterocycles. The van der Waals surface area contributed by atoms with Crippen molar-refractivity contribution in [3.05, 3.63) is 22.4 Å². The van der Waals surface area contributed by atoms with Crippen molar-refractivity contribution in [1.29, 1.82) is 0 Å². The van der Waals surface area contributed by atoms with Crippen molar-refractivity contribution in [2.45, 2.75) is 51.0 Å². The number of likely N-dealkylation sites (tertiary alicyclic amines) is 1. The van der Waals surface area contributed by atoms with Crippen LogP contribution in [0.5, 0.6) is 0 Å².